The zero-order chi connectivity index (χ0) is 22.0. The number of nitrogens with zero attached hydrogens (tertiary/aromatic N) is 3. The zero-order valence-electron chi connectivity index (χ0n) is 15.9. The first-order valence-electron chi connectivity index (χ1n) is 9.25. The van der Waals surface area contributed by atoms with Gasteiger partial charge in [0.2, 0.25) is 6.41 Å². The van der Waals surface area contributed by atoms with E-state index < -0.39 is 29.2 Å². The standard InChI is InChI=1S/C18H17N5O6S2/c24-8-19-18-20-10(7-31-18)12(22-29-9-3-1-2-4-9)14(25)21-13-15(26)23-11(17(27)28)5-6-30-16(13)23/h1,3,5,7-9,13,16H,2,4,6H2,(H,21,25)(H,27,28)(H,19,20,24)/b22-12-/t9?,13?,16-/m1/s1. The second-order valence-corrected chi connectivity index (χ2v) is 8.67. The Labute approximate surface area is 184 Å². The van der Waals surface area contributed by atoms with Crippen molar-refractivity contribution in [2.45, 2.75) is 30.4 Å². The van der Waals surface area contributed by atoms with Gasteiger partial charge in [0, 0.05) is 11.1 Å². The average molecular weight is 463 g/mol. The van der Waals surface area contributed by atoms with Crippen molar-refractivity contribution in [2.75, 3.05) is 11.1 Å². The molecule has 0 radical (unpaired) electrons. The molecule has 1 aromatic rings. The van der Waals surface area contributed by atoms with Gasteiger partial charge in [-0.25, -0.2) is 9.78 Å². The van der Waals surface area contributed by atoms with Gasteiger partial charge in [-0.1, -0.05) is 11.2 Å². The molecule has 4 rings (SSSR count). The number of thioether (sulfide) groups is 1. The Hall–Kier alpha value is -3.19. The Morgan fingerprint density at radius 1 is 1.42 bits per heavy atom. The number of carboxylic acids is 1. The fourth-order valence-electron chi connectivity index (χ4n) is 3.26. The van der Waals surface area contributed by atoms with Crippen LogP contribution in [-0.2, 0) is 24.0 Å². The number of anilines is 1. The van der Waals surface area contributed by atoms with Crippen molar-refractivity contribution in [1.82, 2.24) is 15.2 Å². The number of carbonyl (C=O) groups is 4. The van der Waals surface area contributed by atoms with Crippen molar-refractivity contribution in [3.8, 4) is 0 Å². The van der Waals surface area contributed by atoms with Crippen LogP contribution in [0.25, 0.3) is 0 Å². The summed E-state index contributed by atoms with van der Waals surface area (Å²) in [6, 6.07) is -0.900. The Balaban J connectivity index is 1.52. The van der Waals surface area contributed by atoms with Crippen molar-refractivity contribution >= 4 is 58.1 Å². The first-order valence-corrected chi connectivity index (χ1v) is 11.2. The molecule has 2 unspecified atom stereocenters. The monoisotopic (exact) mass is 463 g/mol. The van der Waals surface area contributed by atoms with Crippen LogP contribution in [0.1, 0.15) is 18.5 Å². The van der Waals surface area contributed by atoms with E-state index >= 15 is 0 Å². The number of allylic oxidation sites excluding steroid dienone is 1. The Morgan fingerprint density at radius 2 is 2.26 bits per heavy atom. The van der Waals surface area contributed by atoms with Gasteiger partial charge < -0.3 is 20.6 Å². The summed E-state index contributed by atoms with van der Waals surface area (Å²) in [5, 5.41) is 19.6. The lowest BCUT2D eigenvalue weighted by molar-refractivity contribution is -0.150. The third-order valence-corrected chi connectivity index (χ3v) is 6.70. The van der Waals surface area contributed by atoms with Crippen LogP contribution in [0.2, 0.25) is 0 Å². The molecule has 0 saturated carbocycles. The molecule has 1 aromatic heterocycles. The van der Waals surface area contributed by atoms with E-state index in [9.17, 15) is 24.3 Å². The zero-order valence-corrected chi connectivity index (χ0v) is 17.5. The van der Waals surface area contributed by atoms with Crippen LogP contribution in [0.15, 0.2) is 34.5 Å². The minimum atomic E-state index is -1.19. The van der Waals surface area contributed by atoms with Gasteiger partial charge in [-0.05, 0) is 25.0 Å². The number of fused-ring (bicyclic) bond motifs is 1. The van der Waals surface area contributed by atoms with E-state index in [1.807, 2.05) is 12.2 Å². The molecule has 13 heteroatoms. The van der Waals surface area contributed by atoms with Crippen molar-refractivity contribution in [1.29, 1.82) is 0 Å². The van der Waals surface area contributed by atoms with Crippen LogP contribution < -0.4 is 10.6 Å². The van der Waals surface area contributed by atoms with Gasteiger partial charge in [-0.3, -0.25) is 19.3 Å². The molecule has 1 aliphatic carbocycles. The van der Waals surface area contributed by atoms with Crippen LogP contribution in [0.4, 0.5) is 5.13 Å². The molecule has 1 fully saturated rings. The smallest absolute Gasteiger partial charge is 0.352 e. The molecule has 3 atom stereocenters. The molecule has 3 aliphatic rings. The van der Waals surface area contributed by atoms with Crippen LogP contribution in [0, 0.1) is 0 Å². The number of rotatable bonds is 8. The molecule has 3 heterocycles. The van der Waals surface area contributed by atoms with Crippen molar-refractivity contribution in [3.63, 3.8) is 0 Å². The largest absolute Gasteiger partial charge is 0.477 e. The van der Waals surface area contributed by atoms with Gasteiger partial charge >= 0.3 is 5.97 Å². The van der Waals surface area contributed by atoms with Gasteiger partial charge in [0.05, 0.1) is 0 Å². The predicted molar refractivity (Wildman–Crippen MR) is 112 cm³/mol. The van der Waals surface area contributed by atoms with Crippen LogP contribution in [-0.4, -0.2) is 68.2 Å². The van der Waals surface area contributed by atoms with E-state index in [-0.39, 0.29) is 28.3 Å². The summed E-state index contributed by atoms with van der Waals surface area (Å²) in [6.07, 6.45) is 7.02. The minimum absolute atomic E-state index is 0.0893. The second-order valence-electron chi connectivity index (χ2n) is 6.67. The molecule has 0 spiro atoms. The number of carbonyl (C=O) groups excluding carboxylic acids is 3. The molecule has 31 heavy (non-hydrogen) atoms. The fourth-order valence-corrected chi connectivity index (χ4v) is 5.11. The van der Waals surface area contributed by atoms with Gasteiger partial charge in [-0.2, -0.15) is 0 Å². The molecule has 3 amide bonds. The lowest BCUT2D eigenvalue weighted by atomic mass is 10.0. The first-order chi connectivity index (χ1) is 15.0. The average Bonchev–Trinajstić information content (AvgIpc) is 3.44. The summed E-state index contributed by atoms with van der Waals surface area (Å²) in [4.78, 5) is 58.2. The summed E-state index contributed by atoms with van der Waals surface area (Å²) in [5.74, 6) is -1.98. The number of oxime groups is 1. The molecular weight excluding hydrogens is 446 g/mol. The number of aliphatic carboxylic acids is 1. The molecule has 11 nitrogen and oxygen atoms in total. The number of hydrogen-bond acceptors (Lipinski definition) is 9. The van der Waals surface area contributed by atoms with Gasteiger partial charge in [0.15, 0.2) is 10.8 Å². The van der Waals surface area contributed by atoms with Crippen LogP contribution in [0.5, 0.6) is 0 Å². The number of amides is 3. The predicted octanol–water partition coefficient (Wildman–Crippen LogP) is 0.519. The number of aromatic nitrogens is 1. The molecular formula is C18H17N5O6S2. The van der Waals surface area contributed by atoms with Crippen LogP contribution in [0.3, 0.4) is 0 Å². The lowest BCUT2D eigenvalue weighted by Gasteiger charge is -2.48. The molecule has 0 aromatic carbocycles. The topological polar surface area (TPSA) is 150 Å². The third-order valence-electron chi connectivity index (χ3n) is 4.74. The van der Waals surface area contributed by atoms with E-state index in [1.54, 1.807) is 0 Å². The maximum absolute atomic E-state index is 13.0. The number of carboxylic acid groups (broad SMARTS) is 1. The van der Waals surface area contributed by atoms with Crippen molar-refractivity contribution in [2.24, 2.45) is 5.16 Å². The quantitative estimate of drug-likeness (QED) is 0.166. The highest BCUT2D eigenvalue weighted by Crippen LogP contribution is 2.37. The number of thiazole rings is 1. The van der Waals surface area contributed by atoms with Gasteiger partial charge in [0.25, 0.3) is 11.8 Å². The number of β-lactam (4-membered cyclic amide) rings is 1. The summed E-state index contributed by atoms with van der Waals surface area (Å²) in [6.45, 7) is 0. The van der Waals surface area contributed by atoms with Gasteiger partial charge in [0.1, 0.15) is 28.9 Å². The van der Waals surface area contributed by atoms with E-state index in [0.29, 0.717) is 12.2 Å². The highest BCUT2D eigenvalue weighted by atomic mass is 32.2. The highest BCUT2D eigenvalue weighted by Gasteiger charge is 2.53. The van der Waals surface area contributed by atoms with E-state index in [4.69, 9.17) is 4.84 Å². The first kappa shape index (κ1) is 21.1. The third kappa shape index (κ3) is 4.18. The summed E-state index contributed by atoms with van der Waals surface area (Å²) >= 11 is 2.45. The second kappa shape index (κ2) is 8.89. The van der Waals surface area contributed by atoms with E-state index in [0.717, 1.165) is 29.1 Å². The molecule has 3 N–H and O–H groups in total. The Kier molecular flexibility index (Phi) is 6.04. The molecule has 1 saturated heterocycles. The minimum Gasteiger partial charge on any atom is -0.477 e. The van der Waals surface area contributed by atoms with Crippen LogP contribution >= 0.6 is 23.1 Å². The maximum Gasteiger partial charge on any atom is 0.352 e. The maximum atomic E-state index is 13.0. The Morgan fingerprint density at radius 3 is 2.97 bits per heavy atom. The lowest BCUT2D eigenvalue weighted by Crippen LogP contribution is -2.70. The summed E-state index contributed by atoms with van der Waals surface area (Å²) < 4.78 is 0. The molecule has 0 bridgehead atoms. The normalized spacial score (nSPS) is 24.7. The van der Waals surface area contributed by atoms with Crippen molar-refractivity contribution < 1.29 is 29.1 Å². The Bertz CT molecular complexity index is 1020. The molecule has 2 aliphatic heterocycles. The molecule has 162 valence electrons. The summed E-state index contributed by atoms with van der Waals surface area (Å²) in [7, 11) is 0. The van der Waals surface area contributed by atoms with Gasteiger partial charge in [-0.15, -0.1) is 23.1 Å². The highest BCUT2D eigenvalue weighted by molar-refractivity contribution is 8.00. The fraction of sp³-hybridized carbons (Fsp3) is 0.333. The van der Waals surface area contributed by atoms with E-state index in [2.05, 4.69) is 20.8 Å². The van der Waals surface area contributed by atoms with E-state index in [1.165, 1.54) is 23.2 Å². The number of nitrogens with one attached hydrogen (secondary N) is 2. The SMILES string of the molecule is O=CNc1nc(/C(=N/OC2C=CCC2)C(=O)NC2C(=O)N3C(C(=O)O)=CCS[C@H]23)cs1. The van der Waals surface area contributed by atoms with Crippen molar-refractivity contribution in [3.05, 3.63) is 35.0 Å². The number of hydrogen-bond donors (Lipinski definition) is 3. The summed E-state index contributed by atoms with van der Waals surface area (Å²) in [5.41, 5.74) is -0.0509.